The Bertz CT molecular complexity index is 471. The minimum absolute atomic E-state index is 0. The van der Waals surface area contributed by atoms with Gasteiger partial charge in [-0.3, -0.25) is 4.90 Å². The van der Waals surface area contributed by atoms with E-state index in [-0.39, 0.29) is 12.4 Å². The van der Waals surface area contributed by atoms with Crippen LogP contribution in [0.1, 0.15) is 18.4 Å². The number of nitrogens with two attached hydrogens (primary N) is 1. The van der Waals surface area contributed by atoms with E-state index in [0.717, 1.165) is 35.1 Å². The molecule has 1 aliphatic carbocycles. The second-order valence-corrected chi connectivity index (χ2v) is 6.68. The van der Waals surface area contributed by atoms with Crippen LogP contribution in [0.2, 0.25) is 0 Å². The first kappa shape index (κ1) is 16.1. The molecule has 2 fully saturated rings. The molecule has 3 unspecified atom stereocenters. The van der Waals surface area contributed by atoms with Crippen molar-refractivity contribution in [1.29, 1.82) is 0 Å². The molecule has 3 atom stereocenters. The van der Waals surface area contributed by atoms with Crippen molar-refractivity contribution in [3.8, 4) is 5.75 Å². The number of halogens is 2. The van der Waals surface area contributed by atoms with Crippen molar-refractivity contribution < 1.29 is 4.74 Å². The molecule has 0 spiro atoms. The topological polar surface area (TPSA) is 38.5 Å². The predicted octanol–water partition coefficient (Wildman–Crippen LogP) is 3.05. The van der Waals surface area contributed by atoms with Crippen molar-refractivity contribution in [2.75, 3.05) is 20.2 Å². The smallest absolute Gasteiger partial charge is 0.133 e. The quantitative estimate of drug-likeness (QED) is 0.899. The monoisotopic (exact) mass is 360 g/mol. The van der Waals surface area contributed by atoms with Gasteiger partial charge in [0.2, 0.25) is 0 Å². The fraction of sp³-hybridized carbons (Fsp3) is 0.600. The van der Waals surface area contributed by atoms with Crippen LogP contribution in [-0.4, -0.2) is 31.1 Å². The van der Waals surface area contributed by atoms with Crippen molar-refractivity contribution in [3.63, 3.8) is 0 Å². The van der Waals surface area contributed by atoms with Gasteiger partial charge in [-0.2, -0.15) is 0 Å². The van der Waals surface area contributed by atoms with Crippen LogP contribution in [-0.2, 0) is 6.54 Å². The molecule has 0 radical (unpaired) electrons. The molecule has 1 saturated carbocycles. The number of hydrogen-bond donors (Lipinski definition) is 1. The van der Waals surface area contributed by atoms with Crippen molar-refractivity contribution in [1.82, 2.24) is 4.90 Å². The Labute approximate surface area is 135 Å². The van der Waals surface area contributed by atoms with Crippen LogP contribution in [0, 0.1) is 11.8 Å². The van der Waals surface area contributed by atoms with E-state index < -0.39 is 0 Å². The highest BCUT2D eigenvalue weighted by Gasteiger charge is 2.40. The zero-order valence-corrected chi connectivity index (χ0v) is 14.1. The summed E-state index contributed by atoms with van der Waals surface area (Å²) < 4.78 is 6.30. The largest absolute Gasteiger partial charge is 0.496 e. The number of methoxy groups -OCH3 is 1. The van der Waals surface area contributed by atoms with Crippen molar-refractivity contribution in [2.24, 2.45) is 17.6 Å². The van der Waals surface area contributed by atoms with Gasteiger partial charge in [-0.15, -0.1) is 12.4 Å². The van der Waals surface area contributed by atoms with E-state index in [9.17, 15) is 0 Å². The van der Waals surface area contributed by atoms with Gasteiger partial charge < -0.3 is 10.5 Å². The predicted molar refractivity (Wildman–Crippen MR) is 87.4 cm³/mol. The second-order valence-electron chi connectivity index (χ2n) is 5.83. The van der Waals surface area contributed by atoms with Crippen LogP contribution in [0.4, 0.5) is 0 Å². The molecule has 1 aromatic carbocycles. The Morgan fingerprint density at radius 2 is 2.15 bits per heavy atom. The van der Waals surface area contributed by atoms with Crippen LogP contribution in [0.15, 0.2) is 22.7 Å². The molecule has 20 heavy (non-hydrogen) atoms. The summed E-state index contributed by atoms with van der Waals surface area (Å²) in [5, 5.41) is 0. The van der Waals surface area contributed by atoms with Gasteiger partial charge >= 0.3 is 0 Å². The zero-order valence-electron chi connectivity index (χ0n) is 11.7. The molecule has 1 aliphatic heterocycles. The summed E-state index contributed by atoms with van der Waals surface area (Å²) in [6.07, 6.45) is 2.53. The minimum Gasteiger partial charge on any atom is -0.496 e. The Kier molecular flexibility index (Phi) is 5.35. The van der Waals surface area contributed by atoms with Crippen LogP contribution >= 0.6 is 28.3 Å². The van der Waals surface area contributed by atoms with Gasteiger partial charge in [-0.05, 0) is 58.3 Å². The lowest BCUT2D eigenvalue weighted by Crippen LogP contribution is -2.30. The number of ether oxygens (including phenoxy) is 1. The first-order chi connectivity index (χ1) is 9.17. The number of benzene rings is 1. The molecular weight excluding hydrogens is 340 g/mol. The number of likely N-dealkylation sites (tertiary alicyclic amines) is 1. The molecule has 112 valence electrons. The van der Waals surface area contributed by atoms with Gasteiger partial charge in [0.1, 0.15) is 5.75 Å². The first-order valence-electron chi connectivity index (χ1n) is 6.97. The molecule has 1 saturated heterocycles. The van der Waals surface area contributed by atoms with Crippen molar-refractivity contribution in [3.05, 3.63) is 28.2 Å². The average Bonchev–Trinajstić information content (AvgIpc) is 2.92. The Morgan fingerprint density at radius 1 is 1.35 bits per heavy atom. The van der Waals surface area contributed by atoms with Crippen molar-refractivity contribution in [2.45, 2.75) is 25.4 Å². The van der Waals surface area contributed by atoms with Gasteiger partial charge in [0.05, 0.1) is 11.6 Å². The third-order valence-corrected chi connectivity index (χ3v) is 5.23. The van der Waals surface area contributed by atoms with Crippen LogP contribution < -0.4 is 10.5 Å². The summed E-state index contributed by atoms with van der Waals surface area (Å²) in [4.78, 5) is 2.54. The molecule has 2 N–H and O–H groups in total. The van der Waals surface area contributed by atoms with Gasteiger partial charge in [0, 0.05) is 25.7 Å². The molecule has 2 aliphatic rings. The molecule has 0 amide bonds. The summed E-state index contributed by atoms with van der Waals surface area (Å²) in [5.74, 6) is 2.45. The second kappa shape index (κ2) is 6.65. The van der Waals surface area contributed by atoms with E-state index in [1.165, 1.54) is 24.9 Å². The fourth-order valence-electron chi connectivity index (χ4n) is 3.60. The van der Waals surface area contributed by atoms with Crippen LogP contribution in [0.25, 0.3) is 0 Å². The SMILES string of the molecule is COc1ccc(CN2CC3CCC(N)C3C2)cc1Br.Cl. The van der Waals surface area contributed by atoms with Crippen LogP contribution in [0.3, 0.4) is 0 Å². The lowest BCUT2D eigenvalue weighted by Gasteiger charge is -2.18. The highest BCUT2D eigenvalue weighted by Crippen LogP contribution is 2.37. The van der Waals surface area contributed by atoms with E-state index in [1.54, 1.807) is 7.11 Å². The van der Waals surface area contributed by atoms with E-state index in [4.69, 9.17) is 10.5 Å². The molecule has 1 heterocycles. The molecular formula is C15H22BrClN2O. The normalized spacial score (nSPS) is 29.1. The Morgan fingerprint density at radius 3 is 2.80 bits per heavy atom. The maximum absolute atomic E-state index is 6.19. The maximum Gasteiger partial charge on any atom is 0.133 e. The van der Waals surface area contributed by atoms with E-state index in [2.05, 4.69) is 33.0 Å². The van der Waals surface area contributed by atoms with E-state index in [1.807, 2.05) is 6.07 Å². The maximum atomic E-state index is 6.19. The molecule has 3 rings (SSSR count). The fourth-order valence-corrected chi connectivity index (χ4v) is 4.18. The molecule has 0 aromatic heterocycles. The first-order valence-corrected chi connectivity index (χ1v) is 7.77. The highest BCUT2D eigenvalue weighted by atomic mass is 79.9. The molecule has 5 heteroatoms. The van der Waals surface area contributed by atoms with Gasteiger partial charge in [-0.1, -0.05) is 6.07 Å². The third-order valence-electron chi connectivity index (χ3n) is 4.61. The van der Waals surface area contributed by atoms with E-state index in [0.29, 0.717) is 6.04 Å². The van der Waals surface area contributed by atoms with Gasteiger partial charge in [0.15, 0.2) is 0 Å². The van der Waals surface area contributed by atoms with Crippen molar-refractivity contribution >= 4 is 28.3 Å². The third kappa shape index (κ3) is 3.14. The summed E-state index contributed by atoms with van der Waals surface area (Å²) >= 11 is 3.55. The standard InChI is InChI=1S/C15H21BrN2O.ClH/c1-19-15-5-2-10(6-13(15)16)7-18-8-11-3-4-14(17)12(11)9-18;/h2,5-6,11-12,14H,3-4,7-9,17H2,1H3;1H. The number of rotatable bonds is 3. The summed E-state index contributed by atoms with van der Waals surface area (Å²) in [7, 11) is 1.70. The van der Waals surface area contributed by atoms with E-state index >= 15 is 0 Å². The van der Waals surface area contributed by atoms with Gasteiger partial charge in [-0.25, -0.2) is 0 Å². The average molecular weight is 362 g/mol. The molecule has 3 nitrogen and oxygen atoms in total. The Balaban J connectivity index is 0.00000147. The summed E-state index contributed by atoms with van der Waals surface area (Å²) in [6.45, 7) is 3.39. The van der Waals surface area contributed by atoms with Gasteiger partial charge in [0.25, 0.3) is 0 Å². The molecule has 0 bridgehead atoms. The number of nitrogens with zero attached hydrogens (tertiary/aromatic N) is 1. The number of fused-ring (bicyclic) bond motifs is 1. The summed E-state index contributed by atoms with van der Waals surface area (Å²) in [5.41, 5.74) is 7.52. The Hall–Kier alpha value is -0.290. The minimum atomic E-state index is 0. The van der Waals surface area contributed by atoms with Crippen LogP contribution in [0.5, 0.6) is 5.75 Å². The molecule has 1 aromatic rings. The zero-order chi connectivity index (χ0) is 13.4. The number of hydrogen-bond acceptors (Lipinski definition) is 3. The highest BCUT2D eigenvalue weighted by molar-refractivity contribution is 9.10. The summed E-state index contributed by atoms with van der Waals surface area (Å²) in [6, 6.07) is 6.77. The lowest BCUT2D eigenvalue weighted by molar-refractivity contribution is 0.298. The lowest BCUT2D eigenvalue weighted by atomic mass is 9.98.